The Labute approximate surface area is 163 Å². The Bertz CT molecular complexity index is 1280. The molecule has 0 spiro atoms. The monoisotopic (exact) mass is 417 g/mol. The van der Waals surface area contributed by atoms with Crippen molar-refractivity contribution in [3.05, 3.63) is 65.7 Å². The van der Waals surface area contributed by atoms with Gasteiger partial charge in [-0.05, 0) is 66.1 Å². The fourth-order valence-electron chi connectivity index (χ4n) is 3.39. The van der Waals surface area contributed by atoms with Crippen molar-refractivity contribution >= 4 is 34.4 Å². The molecular formula is C20H19NO5S2. The highest BCUT2D eigenvalue weighted by Crippen LogP contribution is 2.37. The number of hydrogen-bond acceptors (Lipinski definition) is 5. The van der Waals surface area contributed by atoms with Crippen molar-refractivity contribution in [3.63, 3.8) is 0 Å². The molecule has 8 heteroatoms. The summed E-state index contributed by atoms with van der Waals surface area (Å²) in [6, 6.07) is 15.0. The third-order valence-electron chi connectivity index (χ3n) is 4.95. The van der Waals surface area contributed by atoms with Gasteiger partial charge in [-0.15, -0.1) is 0 Å². The summed E-state index contributed by atoms with van der Waals surface area (Å²) < 4.78 is 58.1. The normalized spacial score (nSPS) is 14.3. The summed E-state index contributed by atoms with van der Waals surface area (Å²) in [4.78, 5) is -0.228. The van der Waals surface area contributed by atoms with Crippen molar-refractivity contribution < 1.29 is 21.6 Å². The molecule has 4 rings (SSSR count). The van der Waals surface area contributed by atoms with E-state index in [9.17, 15) is 16.8 Å². The second-order valence-corrected chi connectivity index (χ2v) is 12.0. The molecule has 0 radical (unpaired) electrons. The van der Waals surface area contributed by atoms with E-state index in [0.717, 1.165) is 26.2 Å². The molecule has 1 aliphatic rings. The smallest absolute Gasteiger partial charge is 0.346 e. The van der Waals surface area contributed by atoms with Crippen LogP contribution >= 0.6 is 0 Å². The SMILES string of the molecule is COc1ccc2cc3c(cc2c1)N(S(=O)(=O)S(=O)(=O)c1ccc(C)cc1)CC3. The molecule has 0 unspecified atom stereocenters. The number of nitrogens with zero attached hydrogens (tertiary/aromatic N) is 1. The van der Waals surface area contributed by atoms with Gasteiger partial charge in [0.2, 0.25) is 0 Å². The minimum atomic E-state index is -4.63. The summed E-state index contributed by atoms with van der Waals surface area (Å²) in [5.74, 6) is 0.645. The molecule has 3 aromatic carbocycles. The second kappa shape index (κ2) is 6.49. The molecule has 6 nitrogen and oxygen atoms in total. The molecule has 3 aromatic rings. The van der Waals surface area contributed by atoms with Crippen LogP contribution in [0.3, 0.4) is 0 Å². The minimum absolute atomic E-state index is 0.0935. The zero-order valence-electron chi connectivity index (χ0n) is 15.4. The van der Waals surface area contributed by atoms with Crippen LogP contribution in [0.2, 0.25) is 0 Å². The number of aryl methyl sites for hydroxylation is 1. The van der Waals surface area contributed by atoms with Crippen molar-refractivity contribution in [2.45, 2.75) is 18.2 Å². The molecule has 0 aromatic heterocycles. The zero-order valence-corrected chi connectivity index (χ0v) is 17.0. The lowest BCUT2D eigenvalue weighted by Gasteiger charge is -2.20. The van der Waals surface area contributed by atoms with Crippen LogP contribution in [0.4, 0.5) is 5.69 Å². The molecule has 0 N–H and O–H groups in total. The van der Waals surface area contributed by atoms with E-state index in [0.29, 0.717) is 17.9 Å². The summed E-state index contributed by atoms with van der Waals surface area (Å²) in [5.41, 5.74) is 2.06. The van der Waals surface area contributed by atoms with E-state index < -0.39 is 17.9 Å². The van der Waals surface area contributed by atoms with Crippen molar-refractivity contribution in [2.24, 2.45) is 0 Å². The van der Waals surface area contributed by atoms with Crippen molar-refractivity contribution in [3.8, 4) is 5.75 Å². The van der Waals surface area contributed by atoms with Crippen molar-refractivity contribution in [2.75, 3.05) is 18.0 Å². The third-order valence-corrected chi connectivity index (χ3v) is 10.1. The van der Waals surface area contributed by atoms with Crippen LogP contribution in [0.25, 0.3) is 10.8 Å². The second-order valence-electron chi connectivity index (χ2n) is 6.74. The van der Waals surface area contributed by atoms with Gasteiger partial charge >= 0.3 is 17.9 Å². The highest BCUT2D eigenvalue weighted by Gasteiger charge is 2.41. The van der Waals surface area contributed by atoms with Crippen molar-refractivity contribution in [1.82, 2.24) is 0 Å². The Balaban J connectivity index is 1.83. The van der Waals surface area contributed by atoms with E-state index >= 15 is 0 Å². The maximum atomic E-state index is 13.1. The highest BCUT2D eigenvalue weighted by atomic mass is 33.2. The summed E-state index contributed by atoms with van der Waals surface area (Å²) in [7, 11) is -7.65. The first kappa shape index (κ1) is 18.8. The van der Waals surface area contributed by atoms with E-state index in [1.807, 2.05) is 18.2 Å². The average Bonchev–Trinajstić information content (AvgIpc) is 3.09. The van der Waals surface area contributed by atoms with E-state index in [1.54, 1.807) is 38.3 Å². The van der Waals surface area contributed by atoms with E-state index in [1.165, 1.54) is 12.1 Å². The van der Waals surface area contributed by atoms with Crippen LogP contribution in [0, 0.1) is 6.92 Å². The van der Waals surface area contributed by atoms with Gasteiger partial charge in [0.15, 0.2) is 0 Å². The number of anilines is 1. The summed E-state index contributed by atoms with van der Waals surface area (Å²) in [6.07, 6.45) is 0.458. The Morgan fingerprint density at radius 1 is 0.893 bits per heavy atom. The summed E-state index contributed by atoms with van der Waals surface area (Å²) >= 11 is 0. The fourth-order valence-corrected chi connectivity index (χ4v) is 7.30. The maximum Gasteiger partial charge on any atom is 0.346 e. The quantitative estimate of drug-likeness (QED) is 0.609. The van der Waals surface area contributed by atoms with Gasteiger partial charge in [-0.1, -0.05) is 23.8 Å². The molecule has 0 aliphatic carbocycles. The number of methoxy groups -OCH3 is 1. The highest BCUT2D eigenvalue weighted by molar-refractivity contribution is 8.67. The van der Waals surface area contributed by atoms with Gasteiger partial charge in [0, 0.05) is 6.54 Å². The van der Waals surface area contributed by atoms with Gasteiger partial charge < -0.3 is 4.74 Å². The van der Waals surface area contributed by atoms with Gasteiger partial charge in [-0.3, -0.25) is 4.31 Å². The van der Waals surface area contributed by atoms with Crippen LogP contribution in [0.1, 0.15) is 11.1 Å². The van der Waals surface area contributed by atoms with Crippen molar-refractivity contribution in [1.29, 1.82) is 0 Å². The Kier molecular flexibility index (Phi) is 4.35. The third kappa shape index (κ3) is 2.84. The zero-order chi connectivity index (χ0) is 20.1. The molecule has 28 heavy (non-hydrogen) atoms. The lowest BCUT2D eigenvalue weighted by molar-refractivity contribution is 0.415. The number of hydrogen-bond donors (Lipinski definition) is 0. The molecule has 0 fully saturated rings. The maximum absolute atomic E-state index is 13.1. The fraction of sp³-hybridized carbons (Fsp3) is 0.200. The van der Waals surface area contributed by atoms with Gasteiger partial charge in [0.25, 0.3) is 0 Å². The van der Waals surface area contributed by atoms with Gasteiger partial charge in [0.05, 0.1) is 17.7 Å². The molecule has 0 amide bonds. The van der Waals surface area contributed by atoms with Crippen LogP contribution < -0.4 is 9.04 Å². The molecule has 146 valence electrons. The molecule has 0 bridgehead atoms. The molecule has 0 saturated heterocycles. The van der Waals surface area contributed by atoms with Gasteiger partial charge in [0.1, 0.15) is 5.75 Å². The van der Waals surface area contributed by atoms with Crippen LogP contribution in [-0.4, -0.2) is 30.5 Å². The van der Waals surface area contributed by atoms with Gasteiger partial charge in [-0.2, -0.15) is 8.42 Å². The molecule has 0 saturated carbocycles. The van der Waals surface area contributed by atoms with E-state index in [2.05, 4.69) is 0 Å². The average molecular weight is 418 g/mol. The number of rotatable bonds is 4. The van der Waals surface area contributed by atoms with Crippen LogP contribution in [-0.2, 0) is 24.3 Å². The lowest BCUT2D eigenvalue weighted by Crippen LogP contribution is -2.35. The summed E-state index contributed by atoms with van der Waals surface area (Å²) in [5, 5.41) is 1.73. The molecule has 0 atom stereocenters. The first-order chi connectivity index (χ1) is 13.2. The number of benzene rings is 3. The van der Waals surface area contributed by atoms with Gasteiger partial charge in [-0.25, -0.2) is 8.42 Å². The first-order valence-corrected chi connectivity index (χ1v) is 12.1. The molecular weight excluding hydrogens is 398 g/mol. The molecule has 1 heterocycles. The Hall–Kier alpha value is -2.58. The van der Waals surface area contributed by atoms with E-state index in [4.69, 9.17) is 4.74 Å². The largest absolute Gasteiger partial charge is 0.497 e. The molecule has 1 aliphatic heterocycles. The van der Waals surface area contributed by atoms with E-state index in [-0.39, 0.29) is 11.4 Å². The Morgan fingerprint density at radius 3 is 2.29 bits per heavy atom. The number of ether oxygens (including phenoxy) is 1. The Morgan fingerprint density at radius 2 is 1.61 bits per heavy atom. The standard InChI is InChI=1S/C20H19NO5S2/c1-14-3-7-19(8-4-14)27(22,23)28(24,25)21-10-9-16-11-15-5-6-18(26-2)12-17(15)13-20(16)21/h3-8,11-13H,9-10H2,1-2H3. The minimum Gasteiger partial charge on any atom is -0.497 e. The topological polar surface area (TPSA) is 80.8 Å². The van der Waals surface area contributed by atoms with Crippen LogP contribution in [0.5, 0.6) is 5.75 Å². The predicted octanol–water partition coefficient (Wildman–Crippen LogP) is 3.24. The number of fused-ring (bicyclic) bond motifs is 2. The summed E-state index contributed by atoms with van der Waals surface area (Å²) in [6.45, 7) is 1.90. The van der Waals surface area contributed by atoms with Crippen LogP contribution in [0.15, 0.2) is 59.5 Å². The predicted molar refractivity (Wildman–Crippen MR) is 109 cm³/mol. The first-order valence-electron chi connectivity index (χ1n) is 8.69. The lowest BCUT2D eigenvalue weighted by atomic mass is 10.0.